The average Bonchev–Trinajstić information content (AvgIpc) is 3.45. The van der Waals surface area contributed by atoms with Gasteiger partial charge < -0.3 is 5.32 Å². The minimum atomic E-state index is -0.416. The number of benzene rings is 2. The van der Waals surface area contributed by atoms with E-state index in [1.54, 1.807) is 0 Å². The van der Waals surface area contributed by atoms with Crippen molar-refractivity contribution in [2.45, 2.75) is 43.6 Å². The fourth-order valence-corrected chi connectivity index (χ4v) is 6.10. The van der Waals surface area contributed by atoms with Crippen molar-refractivity contribution in [3.8, 4) is 0 Å². The Labute approximate surface area is 210 Å². The first-order valence-electron chi connectivity index (χ1n) is 12.9. The topological polar surface area (TPSA) is 73.9 Å². The minimum Gasteiger partial charge on any atom is -0.325 e. The smallest absolute Gasteiger partial charge is 0.235 e. The van der Waals surface area contributed by atoms with Crippen LogP contribution in [-0.2, 0) is 16.8 Å². The van der Waals surface area contributed by atoms with Crippen molar-refractivity contribution in [2.75, 3.05) is 18.4 Å². The van der Waals surface area contributed by atoms with Gasteiger partial charge in [-0.1, -0.05) is 48.9 Å². The number of para-hydroxylation sites is 1. The summed E-state index contributed by atoms with van der Waals surface area (Å²) in [5, 5.41) is 11.9. The molecule has 2 aromatic carbocycles. The number of amides is 1. The van der Waals surface area contributed by atoms with E-state index in [1.807, 2.05) is 30.5 Å². The quantitative estimate of drug-likeness (QED) is 0.400. The van der Waals surface area contributed by atoms with E-state index in [9.17, 15) is 4.79 Å². The third-order valence-corrected chi connectivity index (χ3v) is 8.16. The molecule has 2 fully saturated rings. The van der Waals surface area contributed by atoms with E-state index < -0.39 is 5.41 Å². The number of anilines is 1. The van der Waals surface area contributed by atoms with Crippen LogP contribution in [0.15, 0.2) is 60.8 Å². The number of nitrogens with one attached hydrogen (secondary N) is 2. The largest absolute Gasteiger partial charge is 0.325 e. The molecule has 1 amide bonds. The zero-order valence-electron chi connectivity index (χ0n) is 20.2. The van der Waals surface area contributed by atoms with Crippen molar-refractivity contribution in [3.05, 3.63) is 88.9 Å². The van der Waals surface area contributed by atoms with Crippen molar-refractivity contribution in [2.24, 2.45) is 0 Å². The second-order valence-electron chi connectivity index (χ2n) is 10.4. The highest BCUT2D eigenvalue weighted by Crippen LogP contribution is 2.64. The lowest BCUT2D eigenvalue weighted by Crippen LogP contribution is -2.29. The molecule has 0 bridgehead atoms. The standard InChI is InChI=1S/C30H29N5O/c36-29-30(24-6-2-3-7-27(24)32-29)17-25(30)21-10-12-23-26(33-34-28(23)16-21)13-9-20-8-11-22(31-18-20)19-35-14-4-1-5-15-35/h2-3,6-13,16,18,25H,1,4-5,14-15,17,19H2,(H,32,36)(H,33,34)/b13-9+/t25?,30-/m0/s1. The molecule has 1 aliphatic carbocycles. The molecule has 7 rings (SSSR count). The first kappa shape index (κ1) is 21.5. The number of nitrogens with zero attached hydrogens (tertiary/aromatic N) is 3. The summed E-state index contributed by atoms with van der Waals surface area (Å²) < 4.78 is 0. The molecule has 2 aromatic heterocycles. The molecule has 4 aromatic rings. The molecule has 1 saturated heterocycles. The van der Waals surface area contributed by atoms with Crippen molar-refractivity contribution < 1.29 is 4.79 Å². The Morgan fingerprint density at radius 2 is 1.92 bits per heavy atom. The number of carbonyl (C=O) groups excluding carboxylic acids is 1. The molecular weight excluding hydrogens is 446 g/mol. The zero-order valence-corrected chi connectivity index (χ0v) is 20.2. The fraction of sp³-hybridized carbons (Fsp3) is 0.300. The van der Waals surface area contributed by atoms with Crippen molar-refractivity contribution >= 4 is 34.6 Å². The van der Waals surface area contributed by atoms with Crippen LogP contribution in [-0.4, -0.2) is 39.1 Å². The number of pyridine rings is 1. The van der Waals surface area contributed by atoms with Crippen LogP contribution in [0.2, 0.25) is 0 Å². The van der Waals surface area contributed by atoms with Gasteiger partial charge in [-0.2, -0.15) is 5.10 Å². The highest BCUT2D eigenvalue weighted by molar-refractivity contribution is 6.09. The minimum absolute atomic E-state index is 0.123. The molecule has 2 atom stereocenters. The van der Waals surface area contributed by atoms with Crippen molar-refractivity contribution in [1.29, 1.82) is 0 Å². The molecule has 1 saturated carbocycles. The molecule has 4 heterocycles. The number of fused-ring (bicyclic) bond motifs is 3. The number of rotatable bonds is 5. The number of carbonyl (C=O) groups is 1. The maximum absolute atomic E-state index is 12.9. The van der Waals surface area contributed by atoms with Gasteiger partial charge in [-0.3, -0.25) is 19.8 Å². The van der Waals surface area contributed by atoms with Gasteiger partial charge in [0.15, 0.2) is 0 Å². The van der Waals surface area contributed by atoms with E-state index >= 15 is 0 Å². The predicted molar refractivity (Wildman–Crippen MR) is 142 cm³/mol. The Morgan fingerprint density at radius 3 is 2.78 bits per heavy atom. The third-order valence-electron chi connectivity index (χ3n) is 8.16. The van der Waals surface area contributed by atoms with Gasteiger partial charge in [0.2, 0.25) is 5.91 Å². The number of aromatic nitrogens is 3. The molecular formula is C30H29N5O. The number of aromatic amines is 1. The normalized spacial score (nSPS) is 23.4. The second-order valence-corrected chi connectivity index (χ2v) is 10.4. The summed E-state index contributed by atoms with van der Waals surface area (Å²) in [7, 11) is 0. The summed E-state index contributed by atoms with van der Waals surface area (Å²) in [6.07, 6.45) is 10.8. The van der Waals surface area contributed by atoms with Gasteiger partial charge in [0.25, 0.3) is 0 Å². The molecule has 6 nitrogen and oxygen atoms in total. The van der Waals surface area contributed by atoms with E-state index in [4.69, 9.17) is 0 Å². The highest BCUT2D eigenvalue weighted by Gasteiger charge is 2.65. The van der Waals surface area contributed by atoms with Crippen molar-refractivity contribution in [1.82, 2.24) is 20.1 Å². The molecule has 36 heavy (non-hydrogen) atoms. The summed E-state index contributed by atoms with van der Waals surface area (Å²) in [6.45, 7) is 3.30. The molecule has 1 spiro atoms. The maximum Gasteiger partial charge on any atom is 0.235 e. The second kappa shape index (κ2) is 8.42. The van der Waals surface area contributed by atoms with Gasteiger partial charge in [0.05, 0.1) is 22.3 Å². The third kappa shape index (κ3) is 3.56. The van der Waals surface area contributed by atoms with Crippen molar-refractivity contribution in [3.63, 3.8) is 0 Å². The van der Waals surface area contributed by atoms with Gasteiger partial charge >= 0.3 is 0 Å². The lowest BCUT2D eigenvalue weighted by molar-refractivity contribution is -0.118. The van der Waals surface area contributed by atoms with Gasteiger partial charge in [0.1, 0.15) is 0 Å². The predicted octanol–water partition coefficient (Wildman–Crippen LogP) is 5.49. The summed E-state index contributed by atoms with van der Waals surface area (Å²) >= 11 is 0. The van der Waals surface area contributed by atoms with Gasteiger partial charge in [0, 0.05) is 29.7 Å². The van der Waals surface area contributed by atoms with Crippen LogP contribution in [0.25, 0.3) is 23.1 Å². The highest BCUT2D eigenvalue weighted by atomic mass is 16.2. The van der Waals surface area contributed by atoms with Crippen LogP contribution >= 0.6 is 0 Å². The molecule has 180 valence electrons. The van der Waals surface area contributed by atoms with Crippen LogP contribution < -0.4 is 5.32 Å². The summed E-state index contributed by atoms with van der Waals surface area (Å²) in [6, 6.07) is 18.8. The maximum atomic E-state index is 12.9. The van der Waals surface area contributed by atoms with E-state index in [2.05, 4.69) is 67.9 Å². The fourth-order valence-electron chi connectivity index (χ4n) is 6.10. The Balaban J connectivity index is 1.08. The molecule has 2 aliphatic heterocycles. The zero-order chi connectivity index (χ0) is 24.1. The number of piperidine rings is 1. The van der Waals surface area contributed by atoms with Crippen LogP contribution in [0, 0.1) is 0 Å². The number of H-pyrrole nitrogens is 1. The van der Waals surface area contributed by atoms with Gasteiger partial charge in [-0.05, 0) is 73.3 Å². The molecule has 1 unspecified atom stereocenters. The summed E-state index contributed by atoms with van der Waals surface area (Å²) in [4.78, 5) is 20.0. The van der Waals surface area contributed by atoms with E-state index in [-0.39, 0.29) is 11.8 Å². The first-order valence-corrected chi connectivity index (χ1v) is 12.9. The average molecular weight is 476 g/mol. The number of likely N-dealkylation sites (tertiary alicyclic amines) is 1. The Kier molecular flexibility index (Phi) is 5.03. The van der Waals surface area contributed by atoms with Crippen LogP contribution in [0.1, 0.15) is 59.7 Å². The number of hydrogen-bond donors (Lipinski definition) is 2. The van der Waals surface area contributed by atoms with Crippen LogP contribution in [0.3, 0.4) is 0 Å². The molecule has 2 N–H and O–H groups in total. The summed E-state index contributed by atoms with van der Waals surface area (Å²) in [5.41, 5.74) is 6.94. The molecule has 0 radical (unpaired) electrons. The van der Waals surface area contributed by atoms with Gasteiger partial charge in [-0.15, -0.1) is 0 Å². The van der Waals surface area contributed by atoms with E-state index in [0.29, 0.717) is 0 Å². The monoisotopic (exact) mass is 475 g/mol. The Bertz CT molecular complexity index is 1480. The SMILES string of the molecule is O=C1Nc2ccccc2[C@]12CC2c1ccc2c(/C=C/c3ccc(CN4CCCCC4)nc3)n[nH]c2c1. The van der Waals surface area contributed by atoms with E-state index in [1.165, 1.54) is 37.9 Å². The molecule has 6 heteroatoms. The number of hydrogen-bond acceptors (Lipinski definition) is 4. The lowest BCUT2D eigenvalue weighted by atomic mass is 9.92. The molecule has 3 aliphatic rings. The Morgan fingerprint density at radius 1 is 1.03 bits per heavy atom. The van der Waals surface area contributed by atoms with Gasteiger partial charge in [-0.25, -0.2) is 0 Å². The Hall–Kier alpha value is -3.77. The van der Waals surface area contributed by atoms with E-state index in [0.717, 1.165) is 52.1 Å². The van der Waals surface area contributed by atoms with Crippen LogP contribution in [0.5, 0.6) is 0 Å². The first-order chi connectivity index (χ1) is 17.7. The summed E-state index contributed by atoms with van der Waals surface area (Å²) in [5.74, 6) is 0.319. The lowest BCUT2D eigenvalue weighted by Gasteiger charge is -2.25. The van der Waals surface area contributed by atoms with Crippen LogP contribution in [0.4, 0.5) is 5.69 Å².